The maximum atomic E-state index is 12.9. The lowest BCUT2D eigenvalue weighted by atomic mass is 10.1. The molecule has 6 nitrogen and oxygen atoms in total. The normalized spacial score (nSPS) is 18.1. The Labute approximate surface area is 167 Å². The van der Waals surface area contributed by atoms with Gasteiger partial charge in [0, 0.05) is 37.0 Å². The molecule has 1 aliphatic rings. The van der Waals surface area contributed by atoms with Crippen molar-refractivity contribution >= 4 is 39.7 Å². The summed E-state index contributed by atoms with van der Waals surface area (Å²) in [6, 6.07) is 3.59. The minimum atomic E-state index is -3.42. The molecule has 26 heavy (non-hydrogen) atoms. The molecule has 1 fully saturated rings. The lowest BCUT2D eigenvalue weighted by Gasteiger charge is -2.23. The third-order valence-electron chi connectivity index (χ3n) is 4.25. The summed E-state index contributed by atoms with van der Waals surface area (Å²) in [4.78, 5) is 12.6. The fourth-order valence-corrected chi connectivity index (χ4v) is 6.26. The number of carbonyl (C=O) groups is 1. The summed E-state index contributed by atoms with van der Waals surface area (Å²) in [5.41, 5.74) is 0. The van der Waals surface area contributed by atoms with E-state index in [-0.39, 0.29) is 24.4 Å². The monoisotopic (exact) mass is 423 g/mol. The smallest absolute Gasteiger partial charge is 0.252 e. The van der Waals surface area contributed by atoms with Crippen molar-refractivity contribution in [2.75, 3.05) is 26.7 Å². The van der Waals surface area contributed by atoms with Crippen LogP contribution in [0, 0.1) is 5.92 Å². The quantitative estimate of drug-likeness (QED) is 0.638. The van der Waals surface area contributed by atoms with Gasteiger partial charge < -0.3 is 10.6 Å². The number of thiophene rings is 1. The molecule has 2 rings (SSSR count). The zero-order chi connectivity index (χ0) is 18.4. The van der Waals surface area contributed by atoms with E-state index in [4.69, 9.17) is 0 Å². The second-order valence-corrected chi connectivity index (χ2v) is 10.2. The minimum Gasteiger partial charge on any atom is -0.356 e. The Morgan fingerprint density at radius 2 is 2.12 bits per heavy atom. The van der Waals surface area contributed by atoms with E-state index in [2.05, 4.69) is 10.6 Å². The highest BCUT2D eigenvalue weighted by Crippen LogP contribution is 2.30. The molecule has 0 aliphatic carbocycles. The molecule has 2 N–H and O–H groups in total. The van der Waals surface area contributed by atoms with Crippen LogP contribution >= 0.6 is 23.7 Å². The number of nitrogens with zero attached hydrogens (tertiary/aromatic N) is 1. The third-order valence-corrected chi connectivity index (χ3v) is 7.81. The summed E-state index contributed by atoms with van der Waals surface area (Å²) >= 11 is 1.31. The van der Waals surface area contributed by atoms with Gasteiger partial charge in [-0.05, 0) is 44.4 Å². The van der Waals surface area contributed by atoms with Crippen LogP contribution in [0.3, 0.4) is 0 Å². The molecule has 0 saturated carbocycles. The van der Waals surface area contributed by atoms with Gasteiger partial charge in [-0.1, -0.05) is 13.8 Å². The predicted molar refractivity (Wildman–Crippen MR) is 109 cm³/mol. The van der Waals surface area contributed by atoms with Gasteiger partial charge in [-0.25, -0.2) is 8.42 Å². The molecular weight excluding hydrogens is 394 g/mol. The van der Waals surface area contributed by atoms with Gasteiger partial charge in [0.15, 0.2) is 0 Å². The van der Waals surface area contributed by atoms with Gasteiger partial charge in [-0.15, -0.1) is 23.7 Å². The standard InChI is InChI=1S/C17H29N3O3S2.ClH/c1-13(2)11-16(21)19-9-8-15-6-7-17(24-15)25(22,23)20-10-4-5-14(20)12-18-3;/h6-7,13-14,18H,4-5,8-12H2,1-3H3,(H,19,21);1H. The second kappa shape index (κ2) is 10.6. The number of rotatable bonds is 9. The molecule has 1 aliphatic heterocycles. The molecule has 0 radical (unpaired) electrons. The van der Waals surface area contributed by atoms with Crippen LogP contribution in [0.15, 0.2) is 16.3 Å². The molecule has 1 saturated heterocycles. The number of amides is 1. The van der Waals surface area contributed by atoms with Gasteiger partial charge in [0.05, 0.1) is 0 Å². The summed E-state index contributed by atoms with van der Waals surface area (Å²) in [7, 11) is -1.57. The Hall–Kier alpha value is -0.670. The molecule has 150 valence electrons. The van der Waals surface area contributed by atoms with Gasteiger partial charge in [0.25, 0.3) is 10.0 Å². The van der Waals surface area contributed by atoms with Crippen LogP contribution in [-0.2, 0) is 21.2 Å². The van der Waals surface area contributed by atoms with E-state index in [0.29, 0.717) is 42.6 Å². The molecule has 2 heterocycles. The van der Waals surface area contributed by atoms with E-state index in [1.165, 1.54) is 11.3 Å². The summed E-state index contributed by atoms with van der Waals surface area (Å²) in [6.45, 7) is 5.83. The van der Waals surface area contributed by atoms with Crippen LogP contribution in [0.2, 0.25) is 0 Å². The zero-order valence-electron chi connectivity index (χ0n) is 15.7. The van der Waals surface area contributed by atoms with Gasteiger partial charge in [0.2, 0.25) is 5.91 Å². The van der Waals surface area contributed by atoms with E-state index in [9.17, 15) is 13.2 Å². The van der Waals surface area contributed by atoms with Crippen molar-refractivity contribution in [2.24, 2.45) is 5.92 Å². The lowest BCUT2D eigenvalue weighted by Crippen LogP contribution is -2.40. The van der Waals surface area contributed by atoms with E-state index in [1.54, 1.807) is 10.4 Å². The number of sulfonamides is 1. The molecule has 1 unspecified atom stereocenters. The fourth-order valence-electron chi connectivity index (χ4n) is 3.08. The molecule has 0 bridgehead atoms. The molecule has 0 spiro atoms. The van der Waals surface area contributed by atoms with E-state index in [0.717, 1.165) is 17.7 Å². The van der Waals surface area contributed by atoms with Crippen LogP contribution in [-0.4, -0.2) is 51.4 Å². The molecular formula is C17H30ClN3O3S2. The fraction of sp³-hybridized carbons (Fsp3) is 0.706. The number of hydrogen-bond acceptors (Lipinski definition) is 5. The first-order valence-electron chi connectivity index (χ1n) is 8.86. The van der Waals surface area contributed by atoms with E-state index < -0.39 is 10.0 Å². The number of likely N-dealkylation sites (N-methyl/N-ethyl adjacent to an activating group) is 1. The van der Waals surface area contributed by atoms with Crippen molar-refractivity contribution in [3.8, 4) is 0 Å². The molecule has 9 heteroatoms. The van der Waals surface area contributed by atoms with E-state index >= 15 is 0 Å². The second-order valence-electron chi connectivity index (χ2n) is 6.89. The van der Waals surface area contributed by atoms with Gasteiger partial charge in [0.1, 0.15) is 4.21 Å². The summed E-state index contributed by atoms with van der Waals surface area (Å²) in [5, 5.41) is 5.97. The Bertz CT molecular complexity index is 677. The number of carbonyl (C=O) groups excluding carboxylic acids is 1. The highest BCUT2D eigenvalue weighted by Gasteiger charge is 2.35. The molecule has 0 aromatic carbocycles. The molecule has 1 atom stereocenters. The first-order valence-corrected chi connectivity index (χ1v) is 11.1. The topological polar surface area (TPSA) is 78.5 Å². The zero-order valence-corrected chi connectivity index (χ0v) is 18.1. The van der Waals surface area contributed by atoms with Crippen LogP contribution in [0.25, 0.3) is 0 Å². The predicted octanol–water partition coefficient (Wildman–Crippen LogP) is 2.25. The highest BCUT2D eigenvalue weighted by atomic mass is 35.5. The lowest BCUT2D eigenvalue weighted by molar-refractivity contribution is -0.121. The van der Waals surface area contributed by atoms with Gasteiger partial charge in [-0.3, -0.25) is 4.79 Å². The highest BCUT2D eigenvalue weighted by molar-refractivity contribution is 7.91. The average Bonchev–Trinajstić information content (AvgIpc) is 3.16. The third kappa shape index (κ3) is 6.20. The van der Waals surface area contributed by atoms with Crippen molar-refractivity contribution in [2.45, 2.75) is 49.8 Å². The average molecular weight is 424 g/mol. The van der Waals surface area contributed by atoms with Gasteiger partial charge in [-0.2, -0.15) is 4.31 Å². The maximum Gasteiger partial charge on any atom is 0.252 e. The Balaban J connectivity index is 0.00000338. The maximum absolute atomic E-state index is 12.9. The Kier molecular flexibility index (Phi) is 9.54. The molecule has 1 aromatic rings. The first kappa shape index (κ1) is 23.4. The summed E-state index contributed by atoms with van der Waals surface area (Å²) in [6.07, 6.45) is 2.99. The van der Waals surface area contributed by atoms with Crippen molar-refractivity contribution in [1.29, 1.82) is 0 Å². The summed E-state index contributed by atoms with van der Waals surface area (Å²) in [5.74, 6) is 0.385. The number of nitrogens with one attached hydrogen (secondary N) is 2. The SMILES string of the molecule is CNCC1CCCN1S(=O)(=O)c1ccc(CCNC(=O)CC(C)C)s1.Cl. The Morgan fingerprint density at radius 3 is 2.77 bits per heavy atom. The molecule has 1 amide bonds. The van der Waals surface area contributed by atoms with E-state index in [1.807, 2.05) is 27.0 Å². The summed E-state index contributed by atoms with van der Waals surface area (Å²) < 4.78 is 27.8. The minimum absolute atomic E-state index is 0. The van der Waals surface area contributed by atoms with Crippen LogP contribution in [0.5, 0.6) is 0 Å². The van der Waals surface area contributed by atoms with Crippen molar-refractivity contribution in [3.05, 3.63) is 17.0 Å². The largest absolute Gasteiger partial charge is 0.356 e. The number of halogens is 1. The first-order chi connectivity index (χ1) is 11.8. The van der Waals surface area contributed by atoms with Crippen LogP contribution in [0.4, 0.5) is 0 Å². The van der Waals surface area contributed by atoms with Crippen LogP contribution < -0.4 is 10.6 Å². The van der Waals surface area contributed by atoms with Crippen molar-refractivity contribution < 1.29 is 13.2 Å². The van der Waals surface area contributed by atoms with Crippen LogP contribution in [0.1, 0.15) is 38.0 Å². The Morgan fingerprint density at radius 1 is 1.38 bits per heavy atom. The van der Waals surface area contributed by atoms with Gasteiger partial charge >= 0.3 is 0 Å². The number of hydrogen-bond donors (Lipinski definition) is 2. The molecule has 1 aromatic heterocycles. The van der Waals surface area contributed by atoms with Crippen molar-refractivity contribution in [3.63, 3.8) is 0 Å². The van der Waals surface area contributed by atoms with Crippen molar-refractivity contribution in [1.82, 2.24) is 14.9 Å².